The van der Waals surface area contributed by atoms with E-state index in [1.54, 1.807) is 20.0 Å². The molecular formula is C19H21N5O3. The van der Waals surface area contributed by atoms with Gasteiger partial charge in [0.15, 0.2) is 0 Å². The van der Waals surface area contributed by atoms with Gasteiger partial charge in [-0.1, -0.05) is 47.6 Å². The number of aromatic nitrogens is 4. The average molecular weight is 367 g/mol. The molecule has 8 nitrogen and oxygen atoms in total. The van der Waals surface area contributed by atoms with Crippen LogP contribution in [-0.4, -0.2) is 25.7 Å². The number of oxime groups is 1. The topological polar surface area (TPSA) is 83.5 Å². The second-order valence-electron chi connectivity index (χ2n) is 6.03. The maximum absolute atomic E-state index is 12.1. The van der Waals surface area contributed by atoms with E-state index in [1.807, 2.05) is 49.4 Å². The van der Waals surface area contributed by atoms with Crippen molar-refractivity contribution >= 4 is 5.90 Å². The highest BCUT2D eigenvalue weighted by Gasteiger charge is 2.13. The Morgan fingerprint density at radius 2 is 1.85 bits per heavy atom. The number of rotatable bonds is 6. The third-order valence-electron chi connectivity index (χ3n) is 4.03. The first-order chi connectivity index (χ1) is 13.1. The molecule has 0 fully saturated rings. The number of tetrazole rings is 1. The minimum Gasteiger partial charge on any atom is -0.474 e. The van der Waals surface area contributed by atoms with Gasteiger partial charge in [0, 0.05) is 19.5 Å². The van der Waals surface area contributed by atoms with Gasteiger partial charge in [0.05, 0.1) is 5.69 Å². The molecule has 0 aliphatic carbocycles. The van der Waals surface area contributed by atoms with Crippen molar-refractivity contribution in [1.29, 1.82) is 0 Å². The van der Waals surface area contributed by atoms with Crippen molar-refractivity contribution in [2.75, 3.05) is 0 Å². The molecule has 0 bridgehead atoms. The van der Waals surface area contributed by atoms with Crippen LogP contribution in [-0.2, 0) is 29.8 Å². The monoisotopic (exact) mass is 367 g/mol. The summed E-state index contributed by atoms with van der Waals surface area (Å²) in [6.07, 6.45) is 0. The third-order valence-corrected chi connectivity index (χ3v) is 4.03. The Morgan fingerprint density at radius 1 is 1.07 bits per heavy atom. The fraction of sp³-hybridized carbons (Fsp3) is 0.263. The van der Waals surface area contributed by atoms with Crippen molar-refractivity contribution in [3.63, 3.8) is 0 Å². The molecule has 27 heavy (non-hydrogen) atoms. The first-order valence-corrected chi connectivity index (χ1v) is 8.47. The zero-order valence-corrected chi connectivity index (χ0v) is 15.5. The predicted octanol–water partition coefficient (Wildman–Crippen LogP) is 2.34. The van der Waals surface area contributed by atoms with Gasteiger partial charge < -0.3 is 9.57 Å². The summed E-state index contributed by atoms with van der Waals surface area (Å²) in [6, 6.07) is 15.4. The summed E-state index contributed by atoms with van der Waals surface area (Å²) < 4.78 is 8.00. The minimum atomic E-state index is -0.326. The van der Waals surface area contributed by atoms with Crippen molar-refractivity contribution in [3.05, 3.63) is 75.7 Å². The van der Waals surface area contributed by atoms with Crippen LogP contribution in [0.4, 0.5) is 0 Å². The van der Waals surface area contributed by atoms with E-state index in [2.05, 4.69) is 15.6 Å². The number of hydrogen-bond acceptors (Lipinski definition) is 6. The van der Waals surface area contributed by atoms with Gasteiger partial charge in [-0.05, 0) is 34.5 Å². The van der Waals surface area contributed by atoms with Crippen molar-refractivity contribution in [2.45, 2.75) is 27.1 Å². The van der Waals surface area contributed by atoms with Crippen LogP contribution in [0.5, 0.6) is 0 Å². The number of nitrogens with zero attached hydrogens (tertiary/aromatic N) is 5. The summed E-state index contributed by atoms with van der Waals surface area (Å²) in [5.41, 5.74) is 3.11. The molecule has 0 amide bonds. The first-order valence-electron chi connectivity index (χ1n) is 8.47. The highest BCUT2D eigenvalue weighted by molar-refractivity contribution is 5.72. The smallest absolute Gasteiger partial charge is 0.368 e. The van der Waals surface area contributed by atoms with Gasteiger partial charge in [0.1, 0.15) is 13.2 Å². The molecule has 8 heteroatoms. The SMILES string of the molecule is CC(=NOCc1c(C)cccc1-n1nnn(C)c1=O)OCc1ccccc1. The second kappa shape index (κ2) is 8.31. The highest BCUT2D eigenvalue weighted by atomic mass is 16.6. The van der Waals surface area contributed by atoms with E-state index in [-0.39, 0.29) is 12.3 Å². The molecular weight excluding hydrogens is 346 g/mol. The van der Waals surface area contributed by atoms with Crippen LogP contribution in [0.1, 0.15) is 23.6 Å². The molecule has 3 aromatic rings. The zero-order valence-electron chi connectivity index (χ0n) is 15.5. The van der Waals surface area contributed by atoms with Gasteiger partial charge in [-0.2, -0.15) is 9.36 Å². The molecule has 140 valence electrons. The number of benzene rings is 2. The second-order valence-corrected chi connectivity index (χ2v) is 6.03. The van der Waals surface area contributed by atoms with Crippen LogP contribution in [0.15, 0.2) is 58.5 Å². The third kappa shape index (κ3) is 4.41. The molecule has 1 heterocycles. The summed E-state index contributed by atoms with van der Waals surface area (Å²) >= 11 is 0. The Labute approximate surface area is 156 Å². The van der Waals surface area contributed by atoms with Crippen LogP contribution < -0.4 is 5.69 Å². The summed E-state index contributed by atoms with van der Waals surface area (Å²) in [5, 5.41) is 11.7. The fourth-order valence-corrected chi connectivity index (χ4v) is 2.51. The summed E-state index contributed by atoms with van der Waals surface area (Å²) in [5.74, 6) is 0.422. The van der Waals surface area contributed by atoms with E-state index >= 15 is 0 Å². The van der Waals surface area contributed by atoms with Crippen LogP contribution >= 0.6 is 0 Å². The minimum absolute atomic E-state index is 0.178. The number of aryl methyl sites for hydroxylation is 2. The van der Waals surface area contributed by atoms with Gasteiger partial charge in [0.25, 0.3) is 0 Å². The average Bonchev–Trinajstić information content (AvgIpc) is 3.01. The Hall–Kier alpha value is -3.42. The molecule has 0 saturated carbocycles. The van der Waals surface area contributed by atoms with E-state index in [0.29, 0.717) is 18.2 Å². The molecule has 0 saturated heterocycles. The lowest BCUT2D eigenvalue weighted by Gasteiger charge is -2.11. The van der Waals surface area contributed by atoms with Gasteiger partial charge in [-0.3, -0.25) is 0 Å². The van der Waals surface area contributed by atoms with E-state index < -0.39 is 0 Å². The molecule has 0 radical (unpaired) electrons. The largest absolute Gasteiger partial charge is 0.474 e. The molecule has 0 N–H and O–H groups in total. The van der Waals surface area contributed by atoms with Gasteiger partial charge in [-0.15, -0.1) is 0 Å². The van der Waals surface area contributed by atoms with Crippen LogP contribution in [0.3, 0.4) is 0 Å². The fourth-order valence-electron chi connectivity index (χ4n) is 2.51. The Kier molecular flexibility index (Phi) is 5.65. The predicted molar refractivity (Wildman–Crippen MR) is 100 cm³/mol. The summed E-state index contributed by atoms with van der Waals surface area (Å²) in [4.78, 5) is 17.6. The van der Waals surface area contributed by atoms with E-state index in [9.17, 15) is 4.79 Å². The lowest BCUT2D eigenvalue weighted by molar-refractivity contribution is 0.117. The normalized spacial score (nSPS) is 11.4. The molecule has 0 atom stereocenters. The van der Waals surface area contributed by atoms with Crippen molar-refractivity contribution < 1.29 is 9.57 Å². The Bertz CT molecular complexity index is 992. The lowest BCUT2D eigenvalue weighted by atomic mass is 10.1. The summed E-state index contributed by atoms with van der Waals surface area (Å²) in [6.45, 7) is 4.27. The van der Waals surface area contributed by atoms with Crippen molar-refractivity contribution in [1.82, 2.24) is 19.8 Å². The van der Waals surface area contributed by atoms with Crippen LogP contribution in [0, 0.1) is 6.92 Å². The van der Waals surface area contributed by atoms with E-state index in [0.717, 1.165) is 16.7 Å². The van der Waals surface area contributed by atoms with Crippen LogP contribution in [0.25, 0.3) is 5.69 Å². The van der Waals surface area contributed by atoms with Crippen LogP contribution in [0.2, 0.25) is 0 Å². The van der Waals surface area contributed by atoms with Gasteiger partial charge >= 0.3 is 5.69 Å². The quantitative estimate of drug-likeness (QED) is 0.379. The Morgan fingerprint density at radius 3 is 2.56 bits per heavy atom. The van der Waals surface area contributed by atoms with E-state index in [1.165, 1.54) is 9.36 Å². The van der Waals surface area contributed by atoms with Gasteiger partial charge in [0.2, 0.25) is 5.90 Å². The lowest BCUT2D eigenvalue weighted by Crippen LogP contribution is -2.23. The molecule has 0 unspecified atom stereocenters. The molecule has 2 aromatic carbocycles. The number of hydrogen-bond donors (Lipinski definition) is 0. The molecule has 0 aliphatic heterocycles. The van der Waals surface area contributed by atoms with Crippen molar-refractivity contribution in [3.8, 4) is 5.69 Å². The maximum Gasteiger partial charge on any atom is 0.368 e. The van der Waals surface area contributed by atoms with Crippen molar-refractivity contribution in [2.24, 2.45) is 12.2 Å². The molecule has 0 aliphatic rings. The molecule has 1 aromatic heterocycles. The zero-order chi connectivity index (χ0) is 19.2. The number of ether oxygens (including phenoxy) is 1. The Balaban J connectivity index is 1.69. The summed E-state index contributed by atoms with van der Waals surface area (Å²) in [7, 11) is 1.55. The maximum atomic E-state index is 12.1. The van der Waals surface area contributed by atoms with Gasteiger partial charge in [-0.25, -0.2) is 4.79 Å². The molecule has 3 rings (SSSR count). The van der Waals surface area contributed by atoms with E-state index in [4.69, 9.17) is 9.57 Å². The highest BCUT2D eigenvalue weighted by Crippen LogP contribution is 2.18. The first kappa shape index (κ1) is 18.4. The molecule has 0 spiro atoms. The standard InChI is InChI=1S/C19H21N5O3/c1-14-8-7-11-18(24-19(25)23(3)21-22-24)17(14)13-27-20-15(2)26-12-16-9-5-4-6-10-16/h4-11H,12-13H2,1-3H3.